The number of carbonyl (C=O) groups is 3. The van der Waals surface area contributed by atoms with E-state index in [9.17, 15) is 31.9 Å². The smallest absolute Gasteiger partial charge is 0.326 e. The van der Waals surface area contributed by atoms with Crippen molar-refractivity contribution in [1.82, 2.24) is 0 Å². The molecule has 0 aromatic heterocycles. The molecule has 13 heteroatoms. The summed E-state index contributed by atoms with van der Waals surface area (Å²) in [7, 11) is 0. The average molecular weight is 513 g/mol. The predicted molar refractivity (Wildman–Crippen MR) is 112 cm³/mol. The molecular weight excluding hydrogens is 501 g/mol. The van der Waals surface area contributed by atoms with Gasteiger partial charge in [0.2, 0.25) is 5.91 Å². The van der Waals surface area contributed by atoms with Gasteiger partial charge in [-0.2, -0.15) is 13.2 Å². The Labute approximate surface area is 193 Å². The van der Waals surface area contributed by atoms with Crippen molar-refractivity contribution < 1.29 is 31.9 Å². The molecule has 0 heterocycles. The molecule has 1 aliphatic rings. The monoisotopic (exact) mass is 511 g/mol. The van der Waals surface area contributed by atoms with E-state index in [2.05, 4.69) is 10.6 Å². The maximum atomic E-state index is 13.8. The van der Waals surface area contributed by atoms with Crippen molar-refractivity contribution in [2.24, 2.45) is 5.92 Å². The molecule has 1 aliphatic carbocycles. The van der Waals surface area contributed by atoms with Crippen molar-refractivity contribution in [2.45, 2.75) is 16.9 Å². The Morgan fingerprint density at radius 1 is 0.969 bits per heavy atom. The van der Waals surface area contributed by atoms with Crippen LogP contribution in [0.15, 0.2) is 36.4 Å². The molecule has 32 heavy (non-hydrogen) atoms. The number of carbonyl (C=O) groups excluding carboxylic acids is 3. The van der Waals surface area contributed by atoms with Gasteiger partial charge in [0.05, 0.1) is 22.2 Å². The molecular formula is C19H12Cl3F4N3O3. The molecule has 0 saturated heterocycles. The molecule has 6 nitrogen and oxygen atoms in total. The second-order valence-corrected chi connectivity index (χ2v) is 8.75. The Morgan fingerprint density at radius 3 is 2.16 bits per heavy atom. The summed E-state index contributed by atoms with van der Waals surface area (Å²) in [5.41, 5.74) is -0.773. The first-order valence-electron chi connectivity index (χ1n) is 8.75. The lowest BCUT2D eigenvalue weighted by Crippen LogP contribution is -2.30. The van der Waals surface area contributed by atoms with Crippen LogP contribution in [0.1, 0.15) is 16.8 Å². The summed E-state index contributed by atoms with van der Waals surface area (Å²) < 4.78 is 49.8. The number of anilines is 3. The van der Waals surface area contributed by atoms with Crippen LogP contribution in [-0.2, 0) is 9.59 Å². The van der Waals surface area contributed by atoms with E-state index in [0.29, 0.717) is 0 Å². The van der Waals surface area contributed by atoms with Gasteiger partial charge in [-0.1, -0.05) is 11.6 Å². The Balaban J connectivity index is 1.75. The first-order chi connectivity index (χ1) is 14.8. The lowest BCUT2D eigenvalue weighted by molar-refractivity contribution is -0.167. The zero-order valence-electron chi connectivity index (χ0n) is 15.6. The van der Waals surface area contributed by atoms with Crippen LogP contribution in [0, 0.1) is 11.7 Å². The highest BCUT2D eigenvalue weighted by molar-refractivity contribution is 6.52. The highest BCUT2D eigenvalue weighted by Gasteiger charge is 2.56. The van der Waals surface area contributed by atoms with Gasteiger partial charge in [-0.3, -0.25) is 14.4 Å². The lowest BCUT2D eigenvalue weighted by atomic mass is 10.1. The highest BCUT2D eigenvalue weighted by atomic mass is 35.5. The molecule has 0 radical (unpaired) electrons. The van der Waals surface area contributed by atoms with Gasteiger partial charge in [0.15, 0.2) is 0 Å². The third kappa shape index (κ3) is 5.62. The summed E-state index contributed by atoms with van der Waals surface area (Å²) in [6.45, 7) is 0. The molecule has 0 aliphatic heterocycles. The summed E-state index contributed by atoms with van der Waals surface area (Å²) in [5.74, 6) is -5.38. The molecule has 1 fully saturated rings. The highest BCUT2D eigenvalue weighted by Crippen LogP contribution is 2.53. The molecule has 2 aromatic carbocycles. The van der Waals surface area contributed by atoms with Crippen molar-refractivity contribution >= 4 is 69.6 Å². The van der Waals surface area contributed by atoms with E-state index in [1.54, 1.807) is 0 Å². The van der Waals surface area contributed by atoms with Crippen LogP contribution in [0.3, 0.4) is 0 Å². The molecule has 3 amide bonds. The number of alkyl halides is 5. The minimum Gasteiger partial charge on any atom is -0.326 e. The van der Waals surface area contributed by atoms with Crippen molar-refractivity contribution in [1.29, 1.82) is 0 Å². The van der Waals surface area contributed by atoms with Crippen molar-refractivity contribution in [3.63, 3.8) is 0 Å². The van der Waals surface area contributed by atoms with Gasteiger partial charge in [0.25, 0.3) is 5.91 Å². The third-order valence-electron chi connectivity index (χ3n) is 4.35. The van der Waals surface area contributed by atoms with Crippen LogP contribution in [0.5, 0.6) is 0 Å². The minimum atomic E-state index is -5.23. The van der Waals surface area contributed by atoms with E-state index in [4.69, 9.17) is 34.8 Å². The molecule has 1 unspecified atom stereocenters. The van der Waals surface area contributed by atoms with Crippen LogP contribution in [0.2, 0.25) is 5.02 Å². The number of benzene rings is 2. The van der Waals surface area contributed by atoms with Crippen LogP contribution in [0.4, 0.5) is 34.6 Å². The number of rotatable bonds is 5. The van der Waals surface area contributed by atoms with Crippen LogP contribution in [-0.4, -0.2) is 28.2 Å². The van der Waals surface area contributed by atoms with Gasteiger partial charge in [-0.25, -0.2) is 4.39 Å². The fourth-order valence-electron chi connectivity index (χ4n) is 2.59. The number of hydrogen-bond acceptors (Lipinski definition) is 3. The Morgan fingerprint density at radius 2 is 1.56 bits per heavy atom. The Hall–Kier alpha value is -2.56. The predicted octanol–water partition coefficient (Wildman–Crippen LogP) is 5.36. The minimum absolute atomic E-state index is 0.00339. The molecule has 0 spiro atoms. The quantitative estimate of drug-likeness (QED) is 0.372. The fourth-order valence-corrected chi connectivity index (χ4v) is 3.30. The zero-order chi connectivity index (χ0) is 23.8. The summed E-state index contributed by atoms with van der Waals surface area (Å²) in [6.07, 6.45) is -4.95. The van der Waals surface area contributed by atoms with Gasteiger partial charge < -0.3 is 16.0 Å². The molecule has 2 aromatic rings. The van der Waals surface area contributed by atoms with Gasteiger partial charge in [0, 0.05) is 11.4 Å². The SMILES string of the molecule is O=C(Nc1ccc(F)c(NC(=O)C(F)(F)F)c1)c1cc(NC(=O)C2CC2(Cl)Cl)ccc1Cl. The number of nitrogens with one attached hydrogen (secondary N) is 3. The number of halogens is 7. The van der Waals surface area contributed by atoms with E-state index >= 15 is 0 Å². The summed E-state index contributed by atoms with van der Waals surface area (Å²) >= 11 is 17.7. The summed E-state index contributed by atoms with van der Waals surface area (Å²) in [4.78, 5) is 35.7. The second kappa shape index (κ2) is 8.76. The number of hydrogen-bond donors (Lipinski definition) is 3. The summed E-state index contributed by atoms with van der Waals surface area (Å²) in [6, 6.07) is 6.69. The first-order valence-corrected chi connectivity index (χ1v) is 9.88. The topological polar surface area (TPSA) is 87.3 Å². The van der Waals surface area contributed by atoms with Crippen LogP contribution < -0.4 is 16.0 Å². The van der Waals surface area contributed by atoms with Gasteiger partial charge in [-0.15, -0.1) is 23.2 Å². The summed E-state index contributed by atoms with van der Waals surface area (Å²) in [5, 5.41) is 6.26. The van der Waals surface area contributed by atoms with E-state index in [1.807, 2.05) is 0 Å². The molecule has 1 saturated carbocycles. The fraction of sp³-hybridized carbons (Fsp3) is 0.211. The second-order valence-electron chi connectivity index (χ2n) is 6.80. The van der Waals surface area contributed by atoms with Crippen molar-refractivity contribution in [2.75, 3.05) is 16.0 Å². The van der Waals surface area contributed by atoms with E-state index in [1.165, 1.54) is 23.5 Å². The molecule has 0 bridgehead atoms. The van der Waals surface area contributed by atoms with E-state index < -0.39 is 45.7 Å². The molecule has 170 valence electrons. The van der Waals surface area contributed by atoms with Gasteiger partial charge in [0.1, 0.15) is 10.2 Å². The molecule has 3 N–H and O–H groups in total. The maximum Gasteiger partial charge on any atom is 0.471 e. The van der Waals surface area contributed by atoms with Gasteiger partial charge >= 0.3 is 12.1 Å². The van der Waals surface area contributed by atoms with Gasteiger partial charge in [-0.05, 0) is 42.8 Å². The third-order valence-corrected chi connectivity index (χ3v) is 5.52. The molecule has 1 atom stereocenters. The standard InChI is InChI=1S/C19H12Cl3F4N3O3/c20-12-3-1-8(28-16(31)11-7-18(11,21)22)5-10(12)15(30)27-9-2-4-13(23)14(6-9)29-17(32)19(24,25)26/h1-6,11H,7H2,(H,27,30)(H,28,31)(H,29,32). The Bertz CT molecular complexity index is 1110. The normalized spacial score (nSPS) is 16.8. The zero-order valence-corrected chi connectivity index (χ0v) is 17.9. The first kappa shape index (κ1) is 24.1. The van der Waals surface area contributed by atoms with Crippen molar-refractivity contribution in [3.8, 4) is 0 Å². The van der Waals surface area contributed by atoms with Crippen molar-refractivity contribution in [3.05, 3.63) is 52.8 Å². The maximum absolute atomic E-state index is 13.8. The number of amides is 3. The molecule has 3 rings (SSSR count). The van der Waals surface area contributed by atoms with E-state index in [0.717, 1.165) is 18.2 Å². The van der Waals surface area contributed by atoms with Crippen LogP contribution >= 0.6 is 34.8 Å². The van der Waals surface area contributed by atoms with Crippen LogP contribution in [0.25, 0.3) is 0 Å². The largest absolute Gasteiger partial charge is 0.471 e. The Kier molecular flexibility index (Phi) is 6.60. The van der Waals surface area contributed by atoms with E-state index in [-0.39, 0.29) is 28.4 Å². The average Bonchev–Trinajstić information content (AvgIpc) is 3.33. The lowest BCUT2D eigenvalue weighted by Gasteiger charge is -2.12.